The molecule has 0 aliphatic heterocycles. The highest BCUT2D eigenvalue weighted by Crippen LogP contribution is 2.53. The van der Waals surface area contributed by atoms with Crippen LogP contribution in [-0.2, 0) is 12.0 Å². The highest BCUT2D eigenvalue weighted by Gasteiger charge is 2.55. The third kappa shape index (κ3) is 1.56. The van der Waals surface area contributed by atoms with Crippen molar-refractivity contribution < 1.29 is 0 Å². The van der Waals surface area contributed by atoms with E-state index in [1.165, 1.54) is 12.8 Å². The molecule has 2 saturated carbocycles. The number of rotatable bonds is 4. The van der Waals surface area contributed by atoms with Gasteiger partial charge in [-0.25, -0.2) is 0 Å². The van der Waals surface area contributed by atoms with Gasteiger partial charge in [0.15, 0.2) is 0 Å². The van der Waals surface area contributed by atoms with E-state index in [2.05, 4.69) is 30.4 Å². The first-order valence-electron chi connectivity index (χ1n) is 6.21. The van der Waals surface area contributed by atoms with Crippen molar-refractivity contribution >= 4 is 0 Å². The van der Waals surface area contributed by atoms with Crippen LogP contribution in [0.2, 0.25) is 0 Å². The normalized spacial score (nSPS) is 23.4. The van der Waals surface area contributed by atoms with E-state index < -0.39 is 0 Å². The lowest BCUT2D eigenvalue weighted by Crippen LogP contribution is -2.45. The first-order valence-corrected chi connectivity index (χ1v) is 6.21. The molecule has 2 aliphatic carbocycles. The van der Waals surface area contributed by atoms with Gasteiger partial charge < -0.3 is 5.73 Å². The topological polar surface area (TPSA) is 56.7 Å². The summed E-state index contributed by atoms with van der Waals surface area (Å²) in [5.41, 5.74) is 7.26. The molecule has 1 heterocycles. The zero-order valence-corrected chi connectivity index (χ0v) is 10.1. The summed E-state index contributed by atoms with van der Waals surface area (Å²) in [5.74, 6) is 0.843. The maximum Gasteiger partial charge on any atom is 0.0906 e. The number of nitrogens with two attached hydrogens (primary N) is 1. The van der Waals surface area contributed by atoms with E-state index in [4.69, 9.17) is 5.73 Å². The van der Waals surface area contributed by atoms with Crippen LogP contribution in [0.4, 0.5) is 0 Å². The van der Waals surface area contributed by atoms with Gasteiger partial charge >= 0.3 is 0 Å². The molecule has 0 radical (unpaired) electrons. The molecule has 0 aromatic carbocycles. The zero-order valence-electron chi connectivity index (χ0n) is 10.1. The van der Waals surface area contributed by atoms with Crippen molar-refractivity contribution in [3.63, 3.8) is 0 Å². The molecular formula is C12H20N4. The molecule has 88 valence electrons. The minimum atomic E-state index is -0.187. The van der Waals surface area contributed by atoms with Gasteiger partial charge in [-0.15, -0.1) is 5.10 Å². The van der Waals surface area contributed by atoms with Crippen molar-refractivity contribution in [3.8, 4) is 0 Å². The van der Waals surface area contributed by atoms with E-state index in [0.717, 1.165) is 31.0 Å². The van der Waals surface area contributed by atoms with Crippen LogP contribution in [-0.4, -0.2) is 20.5 Å². The van der Waals surface area contributed by atoms with E-state index in [0.29, 0.717) is 0 Å². The lowest BCUT2D eigenvalue weighted by atomic mass is 9.83. The van der Waals surface area contributed by atoms with Crippen LogP contribution in [0.25, 0.3) is 0 Å². The van der Waals surface area contributed by atoms with Crippen molar-refractivity contribution in [1.82, 2.24) is 15.0 Å². The summed E-state index contributed by atoms with van der Waals surface area (Å²) in [4.78, 5) is 0. The van der Waals surface area contributed by atoms with Crippen LogP contribution in [0, 0.1) is 5.92 Å². The molecule has 2 N–H and O–H groups in total. The fourth-order valence-corrected chi connectivity index (χ4v) is 2.53. The van der Waals surface area contributed by atoms with Gasteiger partial charge in [-0.05, 0) is 45.4 Å². The lowest BCUT2D eigenvalue weighted by molar-refractivity contribution is 0.383. The summed E-state index contributed by atoms with van der Waals surface area (Å²) in [6.45, 7) is 5.23. The standard InChI is InChI=1S/C12H20N4/c1-11(2,13)12(5-6-12)10-8-16(15-14-10)7-9-3-4-9/h8-9H,3-7,13H2,1-2H3. The molecule has 1 aromatic heterocycles. The van der Waals surface area contributed by atoms with E-state index in [-0.39, 0.29) is 11.0 Å². The summed E-state index contributed by atoms with van der Waals surface area (Å²) in [6.07, 6.45) is 7.11. The molecule has 0 amide bonds. The van der Waals surface area contributed by atoms with Crippen LogP contribution in [0.15, 0.2) is 6.20 Å². The van der Waals surface area contributed by atoms with E-state index in [9.17, 15) is 0 Å². The largest absolute Gasteiger partial charge is 0.325 e. The Balaban J connectivity index is 1.81. The Bertz CT molecular complexity index is 393. The Morgan fingerprint density at radius 1 is 1.50 bits per heavy atom. The second-order valence-corrected chi connectivity index (χ2v) is 6.07. The van der Waals surface area contributed by atoms with Crippen LogP contribution in [0.5, 0.6) is 0 Å². The van der Waals surface area contributed by atoms with Gasteiger partial charge in [0.2, 0.25) is 0 Å². The summed E-state index contributed by atoms with van der Waals surface area (Å²) < 4.78 is 2.00. The Kier molecular flexibility index (Phi) is 1.97. The van der Waals surface area contributed by atoms with Gasteiger partial charge in [-0.1, -0.05) is 5.21 Å². The Morgan fingerprint density at radius 3 is 2.69 bits per heavy atom. The molecule has 16 heavy (non-hydrogen) atoms. The number of aromatic nitrogens is 3. The van der Waals surface area contributed by atoms with E-state index in [1.807, 2.05) is 4.68 Å². The quantitative estimate of drug-likeness (QED) is 0.835. The predicted octanol–water partition coefficient (Wildman–Crippen LogP) is 1.46. The van der Waals surface area contributed by atoms with E-state index >= 15 is 0 Å². The van der Waals surface area contributed by atoms with Gasteiger partial charge in [0.05, 0.1) is 5.69 Å². The van der Waals surface area contributed by atoms with Gasteiger partial charge in [0.25, 0.3) is 0 Å². The Morgan fingerprint density at radius 2 is 2.19 bits per heavy atom. The van der Waals surface area contributed by atoms with Crippen molar-refractivity contribution in [3.05, 3.63) is 11.9 Å². The highest BCUT2D eigenvalue weighted by molar-refractivity contribution is 5.28. The molecule has 0 atom stereocenters. The number of hydrogen-bond acceptors (Lipinski definition) is 3. The summed E-state index contributed by atoms with van der Waals surface area (Å²) >= 11 is 0. The zero-order chi connectivity index (χ0) is 11.4. The molecule has 1 aromatic rings. The van der Waals surface area contributed by atoms with Crippen LogP contribution in [0.3, 0.4) is 0 Å². The maximum absolute atomic E-state index is 6.25. The molecule has 0 bridgehead atoms. The molecule has 2 fully saturated rings. The number of hydrogen-bond donors (Lipinski definition) is 1. The first-order chi connectivity index (χ1) is 7.51. The van der Waals surface area contributed by atoms with Gasteiger partial charge in [0.1, 0.15) is 0 Å². The fraction of sp³-hybridized carbons (Fsp3) is 0.833. The monoisotopic (exact) mass is 220 g/mol. The van der Waals surface area contributed by atoms with Gasteiger partial charge in [-0.2, -0.15) is 0 Å². The molecular weight excluding hydrogens is 200 g/mol. The van der Waals surface area contributed by atoms with Crippen molar-refractivity contribution in [1.29, 1.82) is 0 Å². The van der Waals surface area contributed by atoms with Crippen LogP contribution in [0.1, 0.15) is 45.2 Å². The highest BCUT2D eigenvalue weighted by atomic mass is 15.4. The predicted molar refractivity (Wildman–Crippen MR) is 61.9 cm³/mol. The first kappa shape index (κ1) is 10.3. The van der Waals surface area contributed by atoms with Crippen LogP contribution >= 0.6 is 0 Å². The number of nitrogens with zero attached hydrogens (tertiary/aromatic N) is 3. The lowest BCUT2D eigenvalue weighted by Gasteiger charge is -2.28. The minimum absolute atomic E-state index is 0.0921. The van der Waals surface area contributed by atoms with Crippen molar-refractivity contribution in [2.24, 2.45) is 11.7 Å². The third-order valence-electron chi connectivity index (χ3n) is 4.15. The molecule has 4 heteroatoms. The Labute approximate surface area is 96.2 Å². The fourth-order valence-electron chi connectivity index (χ4n) is 2.53. The SMILES string of the molecule is CC(C)(N)C1(c2cn(CC3CC3)nn2)CC1. The smallest absolute Gasteiger partial charge is 0.0906 e. The average Bonchev–Trinajstić information content (AvgIpc) is 3.05. The summed E-state index contributed by atoms with van der Waals surface area (Å²) in [6, 6.07) is 0. The Hall–Kier alpha value is -0.900. The van der Waals surface area contributed by atoms with Crippen molar-refractivity contribution in [2.75, 3.05) is 0 Å². The molecule has 2 aliphatic rings. The minimum Gasteiger partial charge on any atom is -0.325 e. The molecule has 0 unspecified atom stereocenters. The summed E-state index contributed by atoms with van der Waals surface area (Å²) in [7, 11) is 0. The van der Waals surface area contributed by atoms with Gasteiger partial charge in [0, 0.05) is 23.7 Å². The molecule has 4 nitrogen and oxygen atoms in total. The van der Waals surface area contributed by atoms with E-state index in [1.54, 1.807) is 0 Å². The molecule has 0 spiro atoms. The molecule has 3 rings (SSSR count). The van der Waals surface area contributed by atoms with Crippen LogP contribution < -0.4 is 5.73 Å². The van der Waals surface area contributed by atoms with Gasteiger partial charge in [-0.3, -0.25) is 4.68 Å². The second-order valence-electron chi connectivity index (χ2n) is 6.07. The average molecular weight is 220 g/mol. The third-order valence-corrected chi connectivity index (χ3v) is 4.15. The van der Waals surface area contributed by atoms with Crippen molar-refractivity contribution in [2.45, 2.75) is 57.0 Å². The summed E-state index contributed by atoms with van der Waals surface area (Å²) in [5, 5.41) is 8.56. The molecule has 0 saturated heterocycles. The second kappa shape index (κ2) is 3.06. The maximum atomic E-state index is 6.25.